The Morgan fingerprint density at radius 2 is 2.06 bits per heavy atom. The van der Waals surface area contributed by atoms with E-state index in [0.29, 0.717) is 5.56 Å². The van der Waals surface area contributed by atoms with Crippen LogP contribution in [0.3, 0.4) is 0 Å². The molecule has 17 heavy (non-hydrogen) atoms. The molecule has 0 radical (unpaired) electrons. The van der Waals surface area contributed by atoms with Crippen LogP contribution in [0.2, 0.25) is 0 Å². The van der Waals surface area contributed by atoms with Gasteiger partial charge in [-0.3, -0.25) is 4.79 Å². The van der Waals surface area contributed by atoms with Crippen molar-refractivity contribution in [2.75, 3.05) is 0 Å². The Labute approximate surface area is 102 Å². The van der Waals surface area contributed by atoms with Crippen molar-refractivity contribution in [2.24, 2.45) is 0 Å². The van der Waals surface area contributed by atoms with E-state index in [2.05, 4.69) is 0 Å². The number of thiophene rings is 1. The number of rotatable bonds is 3. The van der Waals surface area contributed by atoms with E-state index in [1.54, 1.807) is 5.38 Å². The first-order chi connectivity index (χ1) is 8.08. The van der Waals surface area contributed by atoms with Gasteiger partial charge >= 0.3 is 0 Å². The number of aryl methyl sites for hydroxylation is 1. The molecule has 0 saturated carbocycles. The lowest BCUT2D eigenvalue weighted by Crippen LogP contribution is -2.05. The summed E-state index contributed by atoms with van der Waals surface area (Å²) in [5, 5.41) is 3.62. The van der Waals surface area contributed by atoms with Crippen molar-refractivity contribution < 1.29 is 13.6 Å². The maximum Gasteiger partial charge on any atom is 0.168 e. The molecule has 0 unspecified atom stereocenters. The zero-order valence-corrected chi connectivity index (χ0v) is 9.98. The molecule has 0 atom stereocenters. The van der Waals surface area contributed by atoms with Gasteiger partial charge in [-0.1, -0.05) is 6.07 Å². The van der Waals surface area contributed by atoms with Crippen LogP contribution in [0, 0.1) is 18.6 Å². The predicted molar refractivity (Wildman–Crippen MR) is 63.4 cm³/mol. The Morgan fingerprint density at radius 3 is 2.65 bits per heavy atom. The summed E-state index contributed by atoms with van der Waals surface area (Å²) in [4.78, 5) is 11.9. The molecule has 0 saturated heterocycles. The first-order valence-electron chi connectivity index (χ1n) is 5.08. The minimum absolute atomic E-state index is 0.0380. The molecule has 0 N–H and O–H groups in total. The Hall–Kier alpha value is -1.55. The molecule has 0 aliphatic rings. The molecule has 4 heteroatoms. The van der Waals surface area contributed by atoms with E-state index in [1.807, 2.05) is 12.3 Å². The summed E-state index contributed by atoms with van der Waals surface area (Å²) in [6.07, 6.45) is -0.0380. The fraction of sp³-hybridized carbons (Fsp3) is 0.154. The summed E-state index contributed by atoms with van der Waals surface area (Å²) >= 11 is 1.44. The van der Waals surface area contributed by atoms with Crippen molar-refractivity contribution in [3.8, 4) is 0 Å². The molecule has 1 heterocycles. The molecular weight excluding hydrogens is 242 g/mol. The van der Waals surface area contributed by atoms with Crippen molar-refractivity contribution in [1.29, 1.82) is 0 Å². The van der Waals surface area contributed by atoms with E-state index in [1.165, 1.54) is 17.4 Å². The van der Waals surface area contributed by atoms with Gasteiger partial charge in [0.1, 0.15) is 11.6 Å². The summed E-state index contributed by atoms with van der Waals surface area (Å²) in [6, 6.07) is 3.26. The third-order valence-corrected chi connectivity index (χ3v) is 3.38. The number of ketones is 1. The molecule has 2 rings (SSSR count). The first-order valence-corrected chi connectivity index (χ1v) is 6.02. The van der Waals surface area contributed by atoms with Crippen LogP contribution in [0.15, 0.2) is 29.0 Å². The van der Waals surface area contributed by atoms with Gasteiger partial charge in [0.05, 0.1) is 0 Å². The van der Waals surface area contributed by atoms with Gasteiger partial charge in [-0.25, -0.2) is 8.78 Å². The summed E-state index contributed by atoms with van der Waals surface area (Å²) in [5.74, 6) is -1.45. The highest BCUT2D eigenvalue weighted by Gasteiger charge is 2.13. The second kappa shape index (κ2) is 4.75. The van der Waals surface area contributed by atoms with Gasteiger partial charge in [0.15, 0.2) is 5.78 Å². The van der Waals surface area contributed by atoms with E-state index in [4.69, 9.17) is 0 Å². The van der Waals surface area contributed by atoms with E-state index in [0.717, 1.165) is 17.7 Å². The Morgan fingerprint density at radius 1 is 1.29 bits per heavy atom. The monoisotopic (exact) mass is 252 g/mol. The van der Waals surface area contributed by atoms with Gasteiger partial charge in [0, 0.05) is 23.4 Å². The molecule has 1 aromatic carbocycles. The zero-order valence-electron chi connectivity index (χ0n) is 9.17. The van der Waals surface area contributed by atoms with Gasteiger partial charge in [-0.2, -0.15) is 11.3 Å². The lowest BCUT2D eigenvalue weighted by atomic mass is 10.0. The third-order valence-electron chi connectivity index (χ3n) is 2.52. The van der Waals surface area contributed by atoms with Crippen LogP contribution in [0.1, 0.15) is 21.5 Å². The van der Waals surface area contributed by atoms with Gasteiger partial charge in [-0.15, -0.1) is 0 Å². The molecule has 88 valence electrons. The van der Waals surface area contributed by atoms with Crippen molar-refractivity contribution in [3.63, 3.8) is 0 Å². The normalized spacial score (nSPS) is 10.5. The minimum atomic E-state index is -0.675. The van der Waals surface area contributed by atoms with Crippen LogP contribution in [-0.4, -0.2) is 5.78 Å². The Kier molecular flexibility index (Phi) is 3.33. The number of carbonyl (C=O) groups excluding carboxylic acids is 1. The van der Waals surface area contributed by atoms with Crippen LogP contribution in [0.25, 0.3) is 0 Å². The lowest BCUT2D eigenvalue weighted by Gasteiger charge is -2.02. The second-order valence-corrected chi connectivity index (χ2v) is 4.55. The maximum absolute atomic E-state index is 13.4. The van der Waals surface area contributed by atoms with E-state index >= 15 is 0 Å². The first kappa shape index (κ1) is 11.9. The molecule has 1 nitrogen and oxygen atoms in total. The minimum Gasteiger partial charge on any atom is -0.294 e. The summed E-state index contributed by atoms with van der Waals surface area (Å²) in [6.45, 7) is 1.84. The number of Topliss-reactive ketones (excluding diaryl/α,β-unsaturated/α-hetero) is 1. The molecule has 0 aliphatic heterocycles. The molecule has 0 spiro atoms. The summed E-state index contributed by atoms with van der Waals surface area (Å²) in [5.41, 5.74) is 1.73. The van der Waals surface area contributed by atoms with Gasteiger partial charge in [0.2, 0.25) is 0 Å². The zero-order chi connectivity index (χ0) is 12.4. The van der Waals surface area contributed by atoms with Crippen LogP contribution in [0.5, 0.6) is 0 Å². The van der Waals surface area contributed by atoms with Crippen molar-refractivity contribution in [2.45, 2.75) is 13.3 Å². The van der Waals surface area contributed by atoms with Crippen molar-refractivity contribution in [3.05, 3.63) is 57.3 Å². The van der Waals surface area contributed by atoms with Crippen molar-refractivity contribution in [1.82, 2.24) is 0 Å². The number of hydrogen-bond donors (Lipinski definition) is 0. The standard InChI is InChI=1S/C13H10F2OS/c1-8-6-17-7-11(8)13(16)4-9-2-3-10(14)5-12(9)15/h2-3,5-7H,4H2,1H3. The average molecular weight is 252 g/mol. The topological polar surface area (TPSA) is 17.1 Å². The number of halogens is 2. The Bertz CT molecular complexity index is 560. The molecule has 0 fully saturated rings. The van der Waals surface area contributed by atoms with Gasteiger partial charge in [0.25, 0.3) is 0 Å². The van der Waals surface area contributed by atoms with Crippen LogP contribution in [-0.2, 0) is 6.42 Å². The van der Waals surface area contributed by atoms with Crippen LogP contribution in [0.4, 0.5) is 8.78 Å². The molecule has 2 aromatic rings. The van der Waals surface area contributed by atoms with Gasteiger partial charge in [-0.05, 0) is 29.5 Å². The second-order valence-electron chi connectivity index (χ2n) is 3.80. The number of benzene rings is 1. The maximum atomic E-state index is 13.4. The van der Waals surface area contributed by atoms with E-state index in [-0.39, 0.29) is 17.8 Å². The smallest absolute Gasteiger partial charge is 0.168 e. The van der Waals surface area contributed by atoms with Gasteiger partial charge < -0.3 is 0 Å². The van der Waals surface area contributed by atoms with Crippen molar-refractivity contribution >= 4 is 17.1 Å². The highest BCUT2D eigenvalue weighted by atomic mass is 32.1. The van der Waals surface area contributed by atoms with E-state index < -0.39 is 11.6 Å². The molecule has 1 aromatic heterocycles. The molecular formula is C13H10F2OS. The Balaban J connectivity index is 2.22. The molecule has 0 aliphatic carbocycles. The van der Waals surface area contributed by atoms with Crippen LogP contribution < -0.4 is 0 Å². The van der Waals surface area contributed by atoms with Crippen LogP contribution >= 0.6 is 11.3 Å². The van der Waals surface area contributed by atoms with E-state index in [9.17, 15) is 13.6 Å². The highest BCUT2D eigenvalue weighted by molar-refractivity contribution is 7.08. The lowest BCUT2D eigenvalue weighted by molar-refractivity contribution is 0.0991. The fourth-order valence-corrected chi connectivity index (χ4v) is 2.43. The number of hydrogen-bond acceptors (Lipinski definition) is 2. The summed E-state index contributed by atoms with van der Waals surface area (Å²) < 4.78 is 26.1. The molecule has 0 amide bonds. The largest absolute Gasteiger partial charge is 0.294 e. The fourth-order valence-electron chi connectivity index (χ4n) is 1.58. The SMILES string of the molecule is Cc1cscc1C(=O)Cc1ccc(F)cc1F. The predicted octanol–water partition coefficient (Wildman–Crippen LogP) is 3.76. The molecule has 0 bridgehead atoms. The number of carbonyl (C=O) groups is 1. The average Bonchev–Trinajstić information content (AvgIpc) is 2.68. The third kappa shape index (κ3) is 2.58. The summed E-state index contributed by atoms with van der Waals surface area (Å²) in [7, 11) is 0. The highest BCUT2D eigenvalue weighted by Crippen LogP contribution is 2.18. The quantitative estimate of drug-likeness (QED) is 0.760.